The molecule has 0 aliphatic carbocycles. The smallest absolute Gasteiger partial charge is 0.137 e. The van der Waals surface area contributed by atoms with Crippen LogP contribution in [0.1, 0.15) is 0 Å². The van der Waals surface area contributed by atoms with E-state index in [1.165, 1.54) is 21.3 Å². The average Bonchev–Trinajstić information content (AvgIpc) is 2.64. The second-order valence-electron chi connectivity index (χ2n) is 4.91. The van der Waals surface area contributed by atoms with Crippen LogP contribution in [0.3, 0.4) is 0 Å². The van der Waals surface area contributed by atoms with E-state index in [0.29, 0.717) is 0 Å². The Bertz CT molecular complexity index is 243. The molecule has 3 N–H and O–H groups in total. The molecule has 0 rings (SSSR count). The van der Waals surface area contributed by atoms with Crippen molar-refractivity contribution in [2.45, 2.75) is 18.7 Å². The van der Waals surface area contributed by atoms with Crippen molar-refractivity contribution in [1.82, 2.24) is 4.90 Å². The van der Waals surface area contributed by atoms with Crippen LogP contribution in [0.2, 0.25) is 0 Å². The van der Waals surface area contributed by atoms with E-state index in [0.717, 1.165) is 0 Å². The summed E-state index contributed by atoms with van der Waals surface area (Å²) in [6.07, 6.45) is -1.68. The Hall–Kier alpha value is -0.400. The molecule has 10 heteroatoms. The minimum atomic E-state index is -0.558. The van der Waals surface area contributed by atoms with Crippen LogP contribution in [0.4, 0.5) is 0 Å². The van der Waals surface area contributed by atoms with E-state index >= 15 is 0 Å². The van der Waals surface area contributed by atoms with Crippen molar-refractivity contribution in [3.05, 3.63) is 0 Å². The highest BCUT2D eigenvalue weighted by Crippen LogP contribution is 2.16. The highest BCUT2D eigenvalue weighted by Gasteiger charge is 2.34. The third-order valence-corrected chi connectivity index (χ3v) is 3.30. The standard InChI is InChI=1S/C15H33NO9/c1-20-13(10-23-7-4-17)16(14(21-2)11-24-8-5-18)15(22-3)12-25-9-6-19/h13-15,17-19H,4-12H2,1-3H3. The molecule has 25 heavy (non-hydrogen) atoms. The molecule has 0 aliphatic rings. The Balaban J connectivity index is 5.11. The fraction of sp³-hybridized carbons (Fsp3) is 1.00. The molecule has 0 aliphatic heterocycles. The molecule has 0 bridgehead atoms. The largest absolute Gasteiger partial charge is 0.394 e. The van der Waals surface area contributed by atoms with Crippen LogP contribution >= 0.6 is 0 Å². The maximum absolute atomic E-state index is 8.87. The second-order valence-corrected chi connectivity index (χ2v) is 4.91. The van der Waals surface area contributed by atoms with Crippen molar-refractivity contribution < 1.29 is 43.7 Å². The van der Waals surface area contributed by atoms with Gasteiger partial charge in [0.15, 0.2) is 0 Å². The van der Waals surface area contributed by atoms with Gasteiger partial charge in [-0.05, 0) is 0 Å². The molecule has 0 saturated carbocycles. The lowest BCUT2D eigenvalue weighted by molar-refractivity contribution is -0.240. The Morgan fingerprint density at radius 2 is 0.880 bits per heavy atom. The predicted molar refractivity (Wildman–Crippen MR) is 87.9 cm³/mol. The van der Waals surface area contributed by atoms with E-state index in [1.807, 2.05) is 0 Å². The molecule has 0 spiro atoms. The maximum atomic E-state index is 8.87. The molecular formula is C15H33NO9. The summed E-state index contributed by atoms with van der Waals surface area (Å²) in [5.74, 6) is 0. The predicted octanol–water partition coefficient (Wildman–Crippen LogP) is -1.77. The normalized spacial score (nSPS) is 15.5. The summed E-state index contributed by atoms with van der Waals surface area (Å²) >= 11 is 0. The van der Waals surface area contributed by atoms with Gasteiger partial charge in [-0.3, -0.25) is 0 Å². The number of hydrogen-bond acceptors (Lipinski definition) is 10. The quantitative estimate of drug-likeness (QED) is 0.189. The van der Waals surface area contributed by atoms with E-state index in [2.05, 4.69) is 0 Å². The average molecular weight is 371 g/mol. The van der Waals surface area contributed by atoms with E-state index in [1.54, 1.807) is 4.90 Å². The molecule has 0 aromatic carbocycles. The SMILES string of the molecule is COC(COCCO)N(C(COCCO)OC)C(COCCO)OC. The van der Waals surface area contributed by atoms with Gasteiger partial charge < -0.3 is 43.7 Å². The molecule has 0 radical (unpaired) electrons. The lowest BCUT2D eigenvalue weighted by Crippen LogP contribution is -2.56. The first-order chi connectivity index (χ1) is 12.2. The van der Waals surface area contributed by atoms with E-state index in [4.69, 9.17) is 43.7 Å². The molecule has 0 amide bonds. The molecule has 0 aromatic heterocycles. The van der Waals surface area contributed by atoms with Crippen LogP contribution in [-0.2, 0) is 28.4 Å². The van der Waals surface area contributed by atoms with E-state index in [9.17, 15) is 0 Å². The number of aliphatic hydroxyl groups is 3. The third kappa shape index (κ3) is 10.4. The van der Waals surface area contributed by atoms with Gasteiger partial charge in [0.25, 0.3) is 0 Å². The van der Waals surface area contributed by atoms with Gasteiger partial charge in [0.1, 0.15) is 18.7 Å². The van der Waals surface area contributed by atoms with Gasteiger partial charge in [0.05, 0.1) is 59.5 Å². The van der Waals surface area contributed by atoms with Gasteiger partial charge in [0, 0.05) is 21.3 Å². The Kier molecular flexibility index (Phi) is 16.8. The van der Waals surface area contributed by atoms with Gasteiger partial charge in [0.2, 0.25) is 0 Å². The van der Waals surface area contributed by atoms with Crippen molar-refractivity contribution >= 4 is 0 Å². The van der Waals surface area contributed by atoms with Crippen LogP contribution in [-0.4, -0.2) is 120 Å². The van der Waals surface area contributed by atoms with Gasteiger partial charge in [-0.1, -0.05) is 0 Å². The molecule has 10 nitrogen and oxygen atoms in total. The lowest BCUT2D eigenvalue weighted by atomic mass is 10.3. The zero-order chi connectivity index (χ0) is 18.9. The van der Waals surface area contributed by atoms with Crippen molar-refractivity contribution in [3.8, 4) is 0 Å². The summed E-state index contributed by atoms with van der Waals surface area (Å²) in [6.45, 7) is 0.705. The minimum absolute atomic E-state index is 0.100. The van der Waals surface area contributed by atoms with Crippen LogP contribution < -0.4 is 0 Å². The summed E-state index contributed by atoms with van der Waals surface area (Å²) in [4.78, 5) is 1.74. The highest BCUT2D eigenvalue weighted by molar-refractivity contribution is 4.72. The van der Waals surface area contributed by atoms with Crippen LogP contribution in [0.15, 0.2) is 0 Å². The summed E-state index contributed by atoms with van der Waals surface area (Å²) in [6, 6.07) is 0. The molecule has 3 unspecified atom stereocenters. The Morgan fingerprint density at radius 1 is 0.600 bits per heavy atom. The summed E-state index contributed by atoms with van der Waals surface area (Å²) < 4.78 is 32.6. The Labute approximate surface area is 149 Å². The monoisotopic (exact) mass is 371 g/mol. The van der Waals surface area contributed by atoms with Gasteiger partial charge in [-0.15, -0.1) is 0 Å². The van der Waals surface area contributed by atoms with Crippen LogP contribution in [0.5, 0.6) is 0 Å². The van der Waals surface area contributed by atoms with Crippen molar-refractivity contribution in [2.24, 2.45) is 0 Å². The molecule has 0 fully saturated rings. The number of rotatable bonds is 18. The minimum Gasteiger partial charge on any atom is -0.394 e. The van der Waals surface area contributed by atoms with Crippen molar-refractivity contribution in [1.29, 1.82) is 0 Å². The van der Waals surface area contributed by atoms with Crippen LogP contribution in [0.25, 0.3) is 0 Å². The first-order valence-electron chi connectivity index (χ1n) is 8.11. The fourth-order valence-corrected chi connectivity index (χ4v) is 2.13. The molecule has 0 aromatic rings. The maximum Gasteiger partial charge on any atom is 0.137 e. The number of aliphatic hydroxyl groups excluding tert-OH is 3. The molecular weight excluding hydrogens is 338 g/mol. The molecule has 0 saturated heterocycles. The third-order valence-electron chi connectivity index (χ3n) is 3.30. The van der Waals surface area contributed by atoms with E-state index < -0.39 is 18.7 Å². The number of ether oxygens (including phenoxy) is 6. The molecule has 152 valence electrons. The summed E-state index contributed by atoms with van der Waals surface area (Å²) in [5, 5.41) is 26.6. The Morgan fingerprint density at radius 3 is 1.08 bits per heavy atom. The zero-order valence-electron chi connectivity index (χ0n) is 15.3. The highest BCUT2D eigenvalue weighted by atomic mass is 16.6. The summed E-state index contributed by atoms with van der Waals surface area (Å²) in [7, 11) is 4.55. The number of hydrogen-bond donors (Lipinski definition) is 3. The fourth-order valence-electron chi connectivity index (χ4n) is 2.13. The topological polar surface area (TPSA) is 119 Å². The molecule has 3 atom stereocenters. The second kappa shape index (κ2) is 17.0. The van der Waals surface area contributed by atoms with Crippen LogP contribution in [0, 0.1) is 0 Å². The van der Waals surface area contributed by atoms with Gasteiger partial charge in [-0.2, -0.15) is 0 Å². The molecule has 0 heterocycles. The van der Waals surface area contributed by atoms with E-state index in [-0.39, 0.29) is 59.5 Å². The van der Waals surface area contributed by atoms with Gasteiger partial charge in [-0.25, -0.2) is 4.90 Å². The van der Waals surface area contributed by atoms with Crippen molar-refractivity contribution in [2.75, 3.05) is 80.8 Å². The zero-order valence-corrected chi connectivity index (χ0v) is 15.3. The first-order valence-corrected chi connectivity index (χ1v) is 8.11. The number of methoxy groups -OCH3 is 3. The summed E-state index contributed by atoms with van der Waals surface area (Å²) in [5.41, 5.74) is 0. The number of nitrogens with zero attached hydrogens (tertiary/aromatic N) is 1. The van der Waals surface area contributed by atoms with Crippen molar-refractivity contribution in [3.63, 3.8) is 0 Å². The first kappa shape index (κ1) is 24.6. The lowest BCUT2D eigenvalue weighted by Gasteiger charge is -2.40. The van der Waals surface area contributed by atoms with Gasteiger partial charge >= 0.3 is 0 Å².